The number of carbonyl (C=O) groups is 1. The van der Waals surface area contributed by atoms with Crippen LogP contribution in [0.5, 0.6) is 0 Å². The van der Waals surface area contributed by atoms with E-state index in [1.165, 1.54) is 0 Å². The van der Waals surface area contributed by atoms with Crippen molar-refractivity contribution in [2.75, 3.05) is 11.9 Å². The van der Waals surface area contributed by atoms with Gasteiger partial charge in [-0.3, -0.25) is 9.88 Å². The lowest BCUT2D eigenvalue weighted by molar-refractivity contribution is -0.116. The molecule has 0 bridgehead atoms. The van der Waals surface area contributed by atoms with Gasteiger partial charge in [0.1, 0.15) is 0 Å². The Balaban J connectivity index is 2.12. The van der Waals surface area contributed by atoms with Crippen LogP contribution in [0.1, 0.15) is 66.2 Å². The number of halogens is 1. The number of benzene rings is 1. The molecule has 0 aliphatic heterocycles. The molecule has 148 valence electrons. The van der Waals surface area contributed by atoms with Crippen LogP contribution in [0.25, 0.3) is 0 Å². The highest BCUT2D eigenvalue weighted by molar-refractivity contribution is 9.10. The molecule has 1 aromatic carbocycles. The Morgan fingerprint density at radius 2 is 1.58 bits per heavy atom. The second-order valence-corrected chi connectivity index (χ2v) is 12.0. The second-order valence-electron chi connectivity index (χ2n) is 7.35. The SMILES string of the molecule is CC(C)P(=O)(NCCCCCCCC(=O)Nc1ccccc1Br)C(C)C. The third kappa shape index (κ3) is 7.94. The maximum atomic E-state index is 12.8. The molecule has 26 heavy (non-hydrogen) atoms. The van der Waals surface area contributed by atoms with E-state index in [0.717, 1.165) is 48.8 Å². The van der Waals surface area contributed by atoms with E-state index in [0.29, 0.717) is 6.42 Å². The van der Waals surface area contributed by atoms with Gasteiger partial charge < -0.3 is 9.88 Å². The zero-order valence-electron chi connectivity index (χ0n) is 16.6. The molecule has 0 aliphatic carbocycles. The lowest BCUT2D eigenvalue weighted by atomic mass is 10.1. The van der Waals surface area contributed by atoms with Gasteiger partial charge in [0.25, 0.3) is 0 Å². The quantitative estimate of drug-likeness (QED) is 0.289. The van der Waals surface area contributed by atoms with Crippen molar-refractivity contribution in [3.8, 4) is 0 Å². The van der Waals surface area contributed by atoms with E-state index in [-0.39, 0.29) is 17.2 Å². The predicted molar refractivity (Wildman–Crippen MR) is 116 cm³/mol. The zero-order chi connectivity index (χ0) is 19.6. The van der Waals surface area contributed by atoms with Gasteiger partial charge in [-0.1, -0.05) is 59.1 Å². The Labute approximate surface area is 167 Å². The van der Waals surface area contributed by atoms with Gasteiger partial charge in [0, 0.05) is 28.8 Å². The van der Waals surface area contributed by atoms with Crippen molar-refractivity contribution >= 4 is 34.8 Å². The fraction of sp³-hybridized carbons (Fsp3) is 0.650. The maximum Gasteiger partial charge on any atom is 0.224 e. The van der Waals surface area contributed by atoms with Crippen LogP contribution in [0.4, 0.5) is 5.69 Å². The van der Waals surface area contributed by atoms with E-state index in [9.17, 15) is 9.36 Å². The average Bonchev–Trinajstić information content (AvgIpc) is 2.58. The number of para-hydroxylation sites is 1. The van der Waals surface area contributed by atoms with Crippen LogP contribution in [-0.4, -0.2) is 23.8 Å². The van der Waals surface area contributed by atoms with Gasteiger partial charge in [-0.05, 0) is 40.9 Å². The van der Waals surface area contributed by atoms with Crippen LogP contribution in [0, 0.1) is 0 Å². The topological polar surface area (TPSA) is 58.2 Å². The molecule has 0 saturated heterocycles. The van der Waals surface area contributed by atoms with Crippen LogP contribution < -0.4 is 10.4 Å². The van der Waals surface area contributed by atoms with Gasteiger partial charge in [-0.15, -0.1) is 0 Å². The summed E-state index contributed by atoms with van der Waals surface area (Å²) in [6.07, 6.45) is 5.75. The Kier molecular flexibility index (Phi) is 10.7. The van der Waals surface area contributed by atoms with E-state index in [4.69, 9.17) is 0 Å². The minimum atomic E-state index is -2.28. The van der Waals surface area contributed by atoms with E-state index in [2.05, 4.69) is 26.3 Å². The molecule has 6 heteroatoms. The van der Waals surface area contributed by atoms with Crippen molar-refractivity contribution in [3.05, 3.63) is 28.7 Å². The number of hydrogen-bond acceptors (Lipinski definition) is 2. The fourth-order valence-electron chi connectivity index (χ4n) is 2.93. The lowest BCUT2D eigenvalue weighted by Gasteiger charge is -2.27. The van der Waals surface area contributed by atoms with E-state index < -0.39 is 7.29 Å². The van der Waals surface area contributed by atoms with Crippen LogP contribution in [-0.2, 0) is 9.36 Å². The van der Waals surface area contributed by atoms with Gasteiger partial charge >= 0.3 is 0 Å². The summed E-state index contributed by atoms with van der Waals surface area (Å²) < 4.78 is 13.7. The molecular formula is C20H34BrN2O2P. The molecule has 4 nitrogen and oxygen atoms in total. The van der Waals surface area contributed by atoms with E-state index >= 15 is 0 Å². The molecule has 0 atom stereocenters. The molecular weight excluding hydrogens is 411 g/mol. The summed E-state index contributed by atoms with van der Waals surface area (Å²) in [6.45, 7) is 8.95. The Bertz CT molecular complexity index is 593. The van der Waals surface area contributed by atoms with Crippen molar-refractivity contribution in [3.63, 3.8) is 0 Å². The lowest BCUT2D eigenvalue weighted by Crippen LogP contribution is -2.23. The number of amides is 1. The standard InChI is InChI=1S/C20H34BrN2O2P/c1-16(2)26(25,17(3)4)22-15-11-7-5-6-8-14-20(24)23-19-13-10-9-12-18(19)21/h9-10,12-13,16-17H,5-8,11,14-15H2,1-4H3,(H,22,25)(H,23,24). The summed E-state index contributed by atoms with van der Waals surface area (Å²) in [5, 5.41) is 6.26. The average molecular weight is 445 g/mol. The molecule has 1 rings (SSSR count). The summed E-state index contributed by atoms with van der Waals surface area (Å²) >= 11 is 3.43. The first-order chi connectivity index (χ1) is 12.3. The smallest absolute Gasteiger partial charge is 0.224 e. The van der Waals surface area contributed by atoms with Crippen LogP contribution in [0.3, 0.4) is 0 Å². The van der Waals surface area contributed by atoms with Crippen molar-refractivity contribution < 1.29 is 9.36 Å². The number of hydrogen-bond donors (Lipinski definition) is 2. The van der Waals surface area contributed by atoms with E-state index in [1.807, 2.05) is 52.0 Å². The molecule has 0 fully saturated rings. The summed E-state index contributed by atoms with van der Waals surface area (Å²) in [4.78, 5) is 12.0. The van der Waals surface area contributed by atoms with Gasteiger partial charge in [0.05, 0.1) is 5.69 Å². The monoisotopic (exact) mass is 444 g/mol. The molecule has 2 N–H and O–H groups in total. The third-order valence-electron chi connectivity index (χ3n) is 4.62. The molecule has 0 heterocycles. The predicted octanol–water partition coefficient (Wildman–Crippen LogP) is 6.41. The number of unbranched alkanes of at least 4 members (excludes halogenated alkanes) is 4. The molecule has 0 unspecified atom stereocenters. The Morgan fingerprint density at radius 1 is 1.00 bits per heavy atom. The first kappa shape index (κ1) is 23.4. The molecule has 0 aromatic heterocycles. The number of rotatable bonds is 12. The normalized spacial score (nSPS) is 12.0. The molecule has 0 radical (unpaired) electrons. The minimum Gasteiger partial charge on any atom is -0.325 e. The summed E-state index contributed by atoms with van der Waals surface area (Å²) in [7, 11) is -2.28. The van der Waals surface area contributed by atoms with Crippen LogP contribution >= 0.6 is 23.2 Å². The maximum absolute atomic E-state index is 12.8. The van der Waals surface area contributed by atoms with Crippen LogP contribution in [0.2, 0.25) is 0 Å². The van der Waals surface area contributed by atoms with Crippen molar-refractivity contribution in [2.24, 2.45) is 0 Å². The van der Waals surface area contributed by atoms with Gasteiger partial charge in [0.15, 0.2) is 7.29 Å². The molecule has 0 spiro atoms. The van der Waals surface area contributed by atoms with E-state index in [1.54, 1.807) is 0 Å². The highest BCUT2D eigenvalue weighted by Crippen LogP contribution is 2.50. The van der Waals surface area contributed by atoms with Gasteiger partial charge in [-0.2, -0.15) is 0 Å². The number of nitrogens with one attached hydrogen (secondary N) is 2. The number of carbonyl (C=O) groups excluding carboxylic acids is 1. The molecule has 1 amide bonds. The first-order valence-corrected chi connectivity index (χ1v) is 12.3. The second kappa shape index (κ2) is 11.9. The van der Waals surface area contributed by atoms with Gasteiger partial charge in [-0.25, -0.2) is 0 Å². The summed E-state index contributed by atoms with van der Waals surface area (Å²) in [5.74, 6) is 0.0633. The fourth-order valence-corrected chi connectivity index (χ4v) is 5.75. The van der Waals surface area contributed by atoms with Gasteiger partial charge in [0.2, 0.25) is 5.91 Å². The highest BCUT2D eigenvalue weighted by atomic mass is 79.9. The summed E-state index contributed by atoms with van der Waals surface area (Å²) in [5.41, 5.74) is 1.19. The Morgan fingerprint density at radius 3 is 2.19 bits per heavy atom. The first-order valence-electron chi connectivity index (χ1n) is 9.66. The van der Waals surface area contributed by atoms with Crippen LogP contribution in [0.15, 0.2) is 28.7 Å². The molecule has 0 saturated carbocycles. The highest BCUT2D eigenvalue weighted by Gasteiger charge is 2.29. The largest absolute Gasteiger partial charge is 0.325 e. The molecule has 0 aliphatic rings. The Hall–Kier alpha value is -0.640. The summed E-state index contributed by atoms with van der Waals surface area (Å²) in [6, 6.07) is 7.64. The zero-order valence-corrected chi connectivity index (χ0v) is 19.0. The third-order valence-corrected chi connectivity index (χ3v) is 9.10. The van der Waals surface area contributed by atoms with Crippen molar-refractivity contribution in [1.82, 2.24) is 5.09 Å². The van der Waals surface area contributed by atoms with Crippen molar-refractivity contribution in [2.45, 2.75) is 77.5 Å². The van der Waals surface area contributed by atoms with Crippen molar-refractivity contribution in [1.29, 1.82) is 0 Å². The number of anilines is 1. The molecule has 1 aromatic rings. The minimum absolute atomic E-state index is 0.0633.